The van der Waals surface area contributed by atoms with Gasteiger partial charge in [0.15, 0.2) is 6.61 Å². The van der Waals surface area contributed by atoms with Gasteiger partial charge in [0, 0.05) is 12.2 Å². The fourth-order valence-corrected chi connectivity index (χ4v) is 3.89. The number of hydrogen-bond acceptors (Lipinski definition) is 4. The number of benzene rings is 2. The predicted octanol–water partition coefficient (Wildman–Crippen LogP) is 2.69. The van der Waals surface area contributed by atoms with Crippen molar-refractivity contribution in [2.45, 2.75) is 31.1 Å². The molecule has 1 heterocycles. The number of amides is 1. The summed E-state index contributed by atoms with van der Waals surface area (Å²) >= 11 is 0. The van der Waals surface area contributed by atoms with Crippen molar-refractivity contribution in [2.75, 3.05) is 25.1 Å². The van der Waals surface area contributed by atoms with Gasteiger partial charge in [0.25, 0.3) is 5.91 Å². The zero-order valence-electron chi connectivity index (χ0n) is 15.7. The molecule has 2 aromatic carbocycles. The Morgan fingerprint density at radius 1 is 1.22 bits per heavy atom. The lowest BCUT2D eigenvalue weighted by molar-refractivity contribution is -0.120. The average molecular weight is 388 g/mol. The van der Waals surface area contributed by atoms with Gasteiger partial charge in [-0.05, 0) is 60.8 Å². The van der Waals surface area contributed by atoms with Crippen molar-refractivity contribution in [3.05, 3.63) is 53.6 Å². The second-order valence-electron chi connectivity index (χ2n) is 6.81. The Bertz CT molecular complexity index is 954. The van der Waals surface area contributed by atoms with Crippen molar-refractivity contribution in [2.24, 2.45) is 0 Å². The van der Waals surface area contributed by atoms with Crippen molar-refractivity contribution in [1.82, 2.24) is 4.72 Å². The predicted molar refractivity (Wildman–Crippen MR) is 105 cm³/mol. The van der Waals surface area contributed by atoms with Crippen LogP contribution in [0.3, 0.4) is 0 Å². The number of anilines is 1. The van der Waals surface area contributed by atoms with Crippen LogP contribution in [0.4, 0.5) is 5.69 Å². The standard InChI is InChI=1S/C20H24N2O4S/c1-14(2)15-5-4-6-17(11-15)26-13-20(23)22-10-9-16-12-18(7-8-19(16)22)27(24,25)21-3/h4-8,11-12,14,21H,9-10,13H2,1-3H3. The van der Waals surface area contributed by atoms with E-state index in [4.69, 9.17) is 4.74 Å². The van der Waals surface area contributed by atoms with Crippen LogP contribution in [0.1, 0.15) is 30.9 Å². The minimum absolute atomic E-state index is 0.0580. The van der Waals surface area contributed by atoms with Crippen LogP contribution in [0.2, 0.25) is 0 Å². The first kappa shape index (κ1) is 19.4. The minimum Gasteiger partial charge on any atom is -0.484 e. The molecule has 0 saturated carbocycles. The van der Waals surface area contributed by atoms with Crippen molar-refractivity contribution in [1.29, 1.82) is 0 Å². The third kappa shape index (κ3) is 4.14. The molecule has 0 bridgehead atoms. The van der Waals surface area contributed by atoms with Crippen LogP contribution in [0.5, 0.6) is 5.75 Å². The zero-order valence-corrected chi connectivity index (χ0v) is 16.5. The van der Waals surface area contributed by atoms with E-state index < -0.39 is 10.0 Å². The summed E-state index contributed by atoms with van der Waals surface area (Å²) in [7, 11) is -2.11. The number of nitrogens with zero attached hydrogens (tertiary/aromatic N) is 1. The molecule has 1 aliphatic rings. The summed E-state index contributed by atoms with van der Waals surface area (Å²) in [5, 5.41) is 0. The molecule has 1 amide bonds. The maximum Gasteiger partial charge on any atom is 0.264 e. The molecule has 27 heavy (non-hydrogen) atoms. The first-order valence-electron chi connectivity index (χ1n) is 8.91. The normalized spacial score (nSPS) is 13.7. The maximum absolute atomic E-state index is 12.6. The van der Waals surface area contributed by atoms with Crippen LogP contribution < -0.4 is 14.4 Å². The smallest absolute Gasteiger partial charge is 0.264 e. The summed E-state index contributed by atoms with van der Waals surface area (Å²) in [5.41, 5.74) is 2.75. The van der Waals surface area contributed by atoms with Crippen LogP contribution in [-0.2, 0) is 21.2 Å². The molecule has 7 heteroatoms. The molecule has 144 valence electrons. The SMILES string of the molecule is CNS(=O)(=O)c1ccc2c(c1)CCN2C(=O)COc1cccc(C(C)C)c1. The van der Waals surface area contributed by atoms with Gasteiger partial charge >= 0.3 is 0 Å². The van der Waals surface area contributed by atoms with E-state index in [0.29, 0.717) is 24.6 Å². The highest BCUT2D eigenvalue weighted by molar-refractivity contribution is 7.89. The topological polar surface area (TPSA) is 75.7 Å². The number of fused-ring (bicyclic) bond motifs is 1. The van der Waals surface area contributed by atoms with Crippen LogP contribution in [0.15, 0.2) is 47.4 Å². The summed E-state index contributed by atoms with van der Waals surface area (Å²) in [6.45, 7) is 4.67. The molecular weight excluding hydrogens is 364 g/mol. The van der Waals surface area contributed by atoms with E-state index in [2.05, 4.69) is 18.6 Å². The lowest BCUT2D eigenvalue weighted by atomic mass is 10.0. The Labute approximate surface area is 160 Å². The van der Waals surface area contributed by atoms with Crippen LogP contribution in [0, 0.1) is 0 Å². The molecule has 0 atom stereocenters. The molecule has 0 fully saturated rings. The van der Waals surface area contributed by atoms with Crippen LogP contribution in [-0.4, -0.2) is 34.5 Å². The lowest BCUT2D eigenvalue weighted by Crippen LogP contribution is -2.33. The van der Waals surface area contributed by atoms with Gasteiger partial charge < -0.3 is 9.64 Å². The van der Waals surface area contributed by atoms with Gasteiger partial charge in [-0.15, -0.1) is 0 Å². The quantitative estimate of drug-likeness (QED) is 0.826. The summed E-state index contributed by atoms with van der Waals surface area (Å²) in [4.78, 5) is 14.5. The molecular formula is C20H24N2O4S. The molecule has 0 spiro atoms. The first-order chi connectivity index (χ1) is 12.8. The van der Waals surface area contributed by atoms with Crippen molar-refractivity contribution < 1.29 is 17.9 Å². The highest BCUT2D eigenvalue weighted by Crippen LogP contribution is 2.30. The Balaban J connectivity index is 1.71. The van der Waals surface area contributed by atoms with Crippen molar-refractivity contribution in [3.63, 3.8) is 0 Å². The number of ether oxygens (including phenoxy) is 1. The van der Waals surface area contributed by atoms with Gasteiger partial charge in [0.1, 0.15) is 5.75 Å². The fourth-order valence-electron chi connectivity index (χ4n) is 3.11. The number of hydrogen-bond donors (Lipinski definition) is 1. The second-order valence-corrected chi connectivity index (χ2v) is 8.70. The third-order valence-electron chi connectivity index (χ3n) is 4.71. The highest BCUT2D eigenvalue weighted by Gasteiger charge is 2.26. The molecule has 0 radical (unpaired) electrons. The summed E-state index contributed by atoms with van der Waals surface area (Å²) in [6, 6.07) is 12.6. The minimum atomic E-state index is -3.49. The van der Waals surface area contributed by atoms with E-state index in [-0.39, 0.29) is 17.4 Å². The number of nitrogens with one attached hydrogen (secondary N) is 1. The Kier molecular flexibility index (Phi) is 5.53. The largest absolute Gasteiger partial charge is 0.484 e. The molecule has 1 N–H and O–H groups in total. The monoisotopic (exact) mass is 388 g/mol. The summed E-state index contributed by atoms with van der Waals surface area (Å²) < 4.78 is 31.9. The zero-order chi connectivity index (χ0) is 19.6. The molecule has 2 aromatic rings. The number of carbonyl (C=O) groups excluding carboxylic acids is 1. The van der Waals surface area contributed by atoms with E-state index in [1.807, 2.05) is 24.3 Å². The molecule has 0 saturated heterocycles. The van der Waals surface area contributed by atoms with E-state index in [9.17, 15) is 13.2 Å². The van der Waals surface area contributed by atoms with Gasteiger partial charge in [-0.3, -0.25) is 4.79 Å². The van der Waals surface area contributed by atoms with E-state index in [1.54, 1.807) is 17.0 Å². The molecule has 0 aromatic heterocycles. The van der Waals surface area contributed by atoms with Gasteiger partial charge in [-0.25, -0.2) is 13.1 Å². The lowest BCUT2D eigenvalue weighted by Gasteiger charge is -2.18. The summed E-state index contributed by atoms with van der Waals surface area (Å²) in [5.74, 6) is 0.912. The van der Waals surface area contributed by atoms with Gasteiger partial charge in [0.05, 0.1) is 4.90 Å². The van der Waals surface area contributed by atoms with E-state index in [1.165, 1.54) is 13.1 Å². The molecule has 3 rings (SSSR count). The summed E-state index contributed by atoms with van der Waals surface area (Å²) in [6.07, 6.45) is 0.622. The average Bonchev–Trinajstić information content (AvgIpc) is 3.09. The first-order valence-corrected chi connectivity index (χ1v) is 10.4. The van der Waals surface area contributed by atoms with Crippen molar-refractivity contribution >= 4 is 21.6 Å². The number of rotatable bonds is 6. The third-order valence-corrected chi connectivity index (χ3v) is 6.13. The molecule has 0 unspecified atom stereocenters. The van der Waals surface area contributed by atoms with Crippen LogP contribution >= 0.6 is 0 Å². The van der Waals surface area contributed by atoms with E-state index in [0.717, 1.165) is 16.8 Å². The van der Waals surface area contributed by atoms with Crippen molar-refractivity contribution in [3.8, 4) is 5.75 Å². The van der Waals surface area contributed by atoms with Gasteiger partial charge in [-0.1, -0.05) is 26.0 Å². The molecule has 1 aliphatic heterocycles. The van der Waals surface area contributed by atoms with Crippen LogP contribution in [0.25, 0.3) is 0 Å². The Hall–Kier alpha value is -2.38. The number of sulfonamides is 1. The fraction of sp³-hybridized carbons (Fsp3) is 0.350. The highest BCUT2D eigenvalue weighted by atomic mass is 32.2. The van der Waals surface area contributed by atoms with Gasteiger partial charge in [-0.2, -0.15) is 0 Å². The Morgan fingerprint density at radius 2 is 2.00 bits per heavy atom. The second kappa shape index (κ2) is 7.70. The number of carbonyl (C=O) groups is 1. The Morgan fingerprint density at radius 3 is 2.70 bits per heavy atom. The van der Waals surface area contributed by atoms with E-state index >= 15 is 0 Å². The molecule has 6 nitrogen and oxygen atoms in total. The maximum atomic E-state index is 12.6. The molecule has 0 aliphatic carbocycles. The van der Waals surface area contributed by atoms with Gasteiger partial charge in [0.2, 0.25) is 10.0 Å².